The fourth-order valence-electron chi connectivity index (χ4n) is 1.46. The summed E-state index contributed by atoms with van der Waals surface area (Å²) in [6, 6.07) is 0. The Morgan fingerprint density at radius 2 is 2.25 bits per heavy atom. The summed E-state index contributed by atoms with van der Waals surface area (Å²) in [5, 5.41) is 4.38. The van der Waals surface area contributed by atoms with Gasteiger partial charge in [0, 0.05) is 12.4 Å². The normalized spacial score (nSPS) is 13.4. The summed E-state index contributed by atoms with van der Waals surface area (Å²) in [4.78, 5) is 2.16. The Labute approximate surface area is 111 Å². The van der Waals surface area contributed by atoms with Gasteiger partial charge in [0.05, 0.1) is 22.9 Å². The van der Waals surface area contributed by atoms with Crippen molar-refractivity contribution in [1.29, 1.82) is 0 Å². The van der Waals surface area contributed by atoms with Crippen molar-refractivity contribution in [3.8, 4) is 0 Å². The standard InChI is InChI=1S/C11H19BrClN3/c1-9(7-13)6-11-10(12)8-14-16(11)5-4-15(2)3/h8-9H,4-7H2,1-3H3. The first kappa shape index (κ1) is 14.0. The van der Waals surface area contributed by atoms with Crippen molar-refractivity contribution in [1.82, 2.24) is 14.7 Å². The minimum Gasteiger partial charge on any atom is -0.308 e. The lowest BCUT2D eigenvalue weighted by molar-refractivity contribution is 0.367. The lowest BCUT2D eigenvalue weighted by Crippen LogP contribution is -2.21. The number of rotatable bonds is 6. The first-order chi connectivity index (χ1) is 7.54. The highest BCUT2D eigenvalue weighted by molar-refractivity contribution is 9.10. The molecule has 0 spiro atoms. The van der Waals surface area contributed by atoms with Gasteiger partial charge in [-0.25, -0.2) is 0 Å². The fourth-order valence-corrected chi connectivity index (χ4v) is 2.03. The molecule has 1 aromatic heterocycles. The molecule has 1 unspecified atom stereocenters. The van der Waals surface area contributed by atoms with Crippen LogP contribution in [0.2, 0.25) is 0 Å². The summed E-state index contributed by atoms with van der Waals surface area (Å²) in [6.45, 7) is 4.07. The van der Waals surface area contributed by atoms with Crippen LogP contribution in [0.5, 0.6) is 0 Å². The minimum absolute atomic E-state index is 0.479. The Balaban J connectivity index is 2.69. The third kappa shape index (κ3) is 4.07. The molecule has 0 aliphatic carbocycles. The zero-order valence-corrected chi connectivity index (χ0v) is 12.4. The molecule has 1 heterocycles. The molecule has 0 fully saturated rings. The molecule has 1 aromatic rings. The van der Waals surface area contributed by atoms with Crippen LogP contribution in [0.3, 0.4) is 0 Å². The van der Waals surface area contributed by atoms with Gasteiger partial charge in [-0.2, -0.15) is 5.10 Å². The molecule has 16 heavy (non-hydrogen) atoms. The van der Waals surface area contributed by atoms with Crippen molar-refractivity contribution in [2.45, 2.75) is 19.9 Å². The molecule has 0 bridgehead atoms. The van der Waals surface area contributed by atoms with E-state index in [1.807, 2.05) is 6.20 Å². The van der Waals surface area contributed by atoms with E-state index in [4.69, 9.17) is 11.6 Å². The maximum Gasteiger partial charge on any atom is 0.0635 e. The highest BCUT2D eigenvalue weighted by Crippen LogP contribution is 2.20. The summed E-state index contributed by atoms with van der Waals surface area (Å²) in [5.74, 6) is 1.17. The average molecular weight is 309 g/mol. The lowest BCUT2D eigenvalue weighted by Gasteiger charge is -2.14. The monoisotopic (exact) mass is 307 g/mol. The number of nitrogens with zero attached hydrogens (tertiary/aromatic N) is 3. The molecule has 0 radical (unpaired) electrons. The van der Waals surface area contributed by atoms with E-state index in [1.165, 1.54) is 5.69 Å². The first-order valence-corrected chi connectivity index (χ1v) is 6.78. The van der Waals surface area contributed by atoms with E-state index < -0.39 is 0 Å². The van der Waals surface area contributed by atoms with Gasteiger partial charge in [0.15, 0.2) is 0 Å². The summed E-state index contributed by atoms with van der Waals surface area (Å²) in [5.41, 5.74) is 1.25. The number of aromatic nitrogens is 2. The molecule has 0 N–H and O–H groups in total. The van der Waals surface area contributed by atoms with Crippen molar-refractivity contribution in [2.75, 3.05) is 26.5 Å². The Hall–Kier alpha value is -0.0600. The number of hydrogen-bond donors (Lipinski definition) is 0. The van der Waals surface area contributed by atoms with Gasteiger partial charge in [-0.1, -0.05) is 6.92 Å². The van der Waals surface area contributed by atoms with Gasteiger partial charge in [0.1, 0.15) is 0 Å². The quantitative estimate of drug-likeness (QED) is 0.753. The number of likely N-dealkylation sites (N-methyl/N-ethyl adjacent to an activating group) is 1. The van der Waals surface area contributed by atoms with E-state index in [9.17, 15) is 0 Å². The van der Waals surface area contributed by atoms with Crippen LogP contribution in [-0.4, -0.2) is 41.2 Å². The molecular formula is C11H19BrClN3. The number of alkyl halides is 1. The zero-order valence-electron chi connectivity index (χ0n) is 10.1. The SMILES string of the molecule is CC(CCl)Cc1c(Br)cnn1CCN(C)C. The van der Waals surface area contributed by atoms with E-state index in [1.54, 1.807) is 0 Å². The maximum absolute atomic E-state index is 5.85. The highest BCUT2D eigenvalue weighted by atomic mass is 79.9. The van der Waals surface area contributed by atoms with E-state index in [0.717, 1.165) is 24.0 Å². The van der Waals surface area contributed by atoms with Crippen LogP contribution in [-0.2, 0) is 13.0 Å². The smallest absolute Gasteiger partial charge is 0.0635 e. The Morgan fingerprint density at radius 1 is 1.56 bits per heavy atom. The van der Waals surface area contributed by atoms with Crippen molar-refractivity contribution < 1.29 is 0 Å². The molecule has 92 valence electrons. The maximum atomic E-state index is 5.85. The van der Waals surface area contributed by atoms with Crippen LogP contribution in [0.25, 0.3) is 0 Å². The summed E-state index contributed by atoms with van der Waals surface area (Å²) in [6.07, 6.45) is 2.84. The molecule has 0 saturated carbocycles. The van der Waals surface area contributed by atoms with Gasteiger partial charge in [-0.3, -0.25) is 4.68 Å². The van der Waals surface area contributed by atoms with Crippen LogP contribution in [0.15, 0.2) is 10.7 Å². The molecule has 0 saturated heterocycles. The summed E-state index contributed by atoms with van der Waals surface area (Å²) >= 11 is 9.39. The molecule has 0 aliphatic heterocycles. The molecule has 0 aromatic carbocycles. The number of halogens is 2. The van der Waals surface area contributed by atoms with Gasteiger partial charge in [-0.15, -0.1) is 11.6 Å². The van der Waals surface area contributed by atoms with Crippen LogP contribution in [0.1, 0.15) is 12.6 Å². The van der Waals surface area contributed by atoms with Crippen molar-refractivity contribution >= 4 is 27.5 Å². The van der Waals surface area contributed by atoms with E-state index in [-0.39, 0.29) is 0 Å². The zero-order chi connectivity index (χ0) is 12.1. The predicted octanol–water partition coefficient (Wildman–Crippen LogP) is 2.62. The highest BCUT2D eigenvalue weighted by Gasteiger charge is 2.12. The van der Waals surface area contributed by atoms with Gasteiger partial charge in [0.25, 0.3) is 0 Å². The Bertz CT molecular complexity index is 325. The second kappa shape index (κ2) is 6.62. The van der Waals surface area contributed by atoms with E-state index in [0.29, 0.717) is 11.8 Å². The fraction of sp³-hybridized carbons (Fsp3) is 0.727. The predicted molar refractivity (Wildman–Crippen MR) is 72.1 cm³/mol. The first-order valence-electron chi connectivity index (χ1n) is 5.45. The summed E-state index contributed by atoms with van der Waals surface area (Å²) < 4.78 is 3.15. The third-order valence-electron chi connectivity index (χ3n) is 2.46. The molecule has 0 amide bonds. The molecule has 5 heteroatoms. The van der Waals surface area contributed by atoms with E-state index >= 15 is 0 Å². The van der Waals surface area contributed by atoms with Crippen LogP contribution in [0.4, 0.5) is 0 Å². The lowest BCUT2D eigenvalue weighted by atomic mass is 10.1. The number of hydrogen-bond acceptors (Lipinski definition) is 2. The van der Waals surface area contributed by atoms with Gasteiger partial charge in [0.2, 0.25) is 0 Å². The largest absolute Gasteiger partial charge is 0.308 e. The molecule has 0 aliphatic rings. The van der Waals surface area contributed by atoms with Crippen molar-refractivity contribution in [2.24, 2.45) is 5.92 Å². The van der Waals surface area contributed by atoms with Gasteiger partial charge < -0.3 is 4.90 Å². The average Bonchev–Trinajstić information content (AvgIpc) is 2.57. The van der Waals surface area contributed by atoms with Gasteiger partial charge >= 0.3 is 0 Å². The van der Waals surface area contributed by atoms with Crippen molar-refractivity contribution in [3.63, 3.8) is 0 Å². The van der Waals surface area contributed by atoms with Crippen LogP contribution >= 0.6 is 27.5 Å². The molecular weight excluding hydrogens is 289 g/mol. The molecule has 3 nitrogen and oxygen atoms in total. The van der Waals surface area contributed by atoms with Crippen LogP contribution in [0, 0.1) is 5.92 Å². The Morgan fingerprint density at radius 3 is 2.81 bits per heavy atom. The minimum atomic E-state index is 0.479. The second-order valence-corrected chi connectivity index (χ2v) is 5.59. The second-order valence-electron chi connectivity index (χ2n) is 4.43. The molecule has 1 rings (SSSR count). The van der Waals surface area contributed by atoms with Gasteiger partial charge in [-0.05, 0) is 42.4 Å². The van der Waals surface area contributed by atoms with E-state index in [2.05, 4.69) is 51.6 Å². The van der Waals surface area contributed by atoms with Crippen LogP contribution < -0.4 is 0 Å². The third-order valence-corrected chi connectivity index (χ3v) is 3.65. The van der Waals surface area contributed by atoms with Crippen molar-refractivity contribution in [3.05, 3.63) is 16.4 Å². The summed E-state index contributed by atoms with van der Waals surface area (Å²) in [7, 11) is 4.14. The topological polar surface area (TPSA) is 21.1 Å². The molecule has 1 atom stereocenters. The Kier molecular flexibility index (Phi) is 5.79.